The first-order valence-electron chi connectivity index (χ1n) is 12.8. The molecule has 0 atom stereocenters. The van der Waals surface area contributed by atoms with Gasteiger partial charge in [0.1, 0.15) is 0 Å². The number of benzene rings is 2. The van der Waals surface area contributed by atoms with Crippen LogP contribution in [0.3, 0.4) is 0 Å². The van der Waals surface area contributed by atoms with Gasteiger partial charge in [-0.25, -0.2) is 0 Å². The van der Waals surface area contributed by atoms with E-state index in [1.54, 1.807) is 62.8 Å². The van der Waals surface area contributed by atoms with E-state index >= 15 is 0 Å². The second kappa shape index (κ2) is 17.7. The van der Waals surface area contributed by atoms with Gasteiger partial charge in [-0.05, 0) is 74.2 Å². The molecule has 0 unspecified atom stereocenters. The molecule has 10 heteroatoms. The number of hydrogen-bond donors (Lipinski definition) is 4. The van der Waals surface area contributed by atoms with Crippen LogP contribution in [0.5, 0.6) is 0 Å². The number of amides is 4. The number of hydrogen-bond acceptors (Lipinski definition) is 6. The largest absolute Gasteiger partial charge is 0.385 e. The van der Waals surface area contributed by atoms with Crippen LogP contribution >= 0.6 is 0 Å². The van der Waals surface area contributed by atoms with Crippen molar-refractivity contribution in [3.8, 4) is 0 Å². The van der Waals surface area contributed by atoms with Crippen molar-refractivity contribution in [3.63, 3.8) is 0 Å². The minimum Gasteiger partial charge on any atom is -0.385 e. The summed E-state index contributed by atoms with van der Waals surface area (Å²) >= 11 is 0. The molecule has 0 saturated carbocycles. The molecular weight excluding hydrogens is 488 g/mol. The first-order chi connectivity index (χ1) is 18.4. The van der Waals surface area contributed by atoms with Gasteiger partial charge in [0.25, 0.3) is 11.8 Å². The van der Waals surface area contributed by atoms with E-state index in [9.17, 15) is 19.2 Å². The zero-order valence-corrected chi connectivity index (χ0v) is 22.1. The fraction of sp³-hybridized carbons (Fsp3) is 0.429. The summed E-state index contributed by atoms with van der Waals surface area (Å²) in [7, 11) is 3.23. The Morgan fingerprint density at radius 2 is 0.947 bits per heavy atom. The van der Waals surface area contributed by atoms with E-state index in [4.69, 9.17) is 9.47 Å². The van der Waals surface area contributed by atoms with Crippen molar-refractivity contribution in [3.05, 3.63) is 59.7 Å². The molecule has 206 valence electrons. The van der Waals surface area contributed by atoms with Crippen LogP contribution in [-0.4, -0.2) is 64.2 Å². The lowest BCUT2D eigenvalue weighted by molar-refractivity contribution is -0.118. The van der Waals surface area contributed by atoms with E-state index < -0.39 is 0 Å². The predicted molar refractivity (Wildman–Crippen MR) is 146 cm³/mol. The molecule has 0 aliphatic heterocycles. The second-order valence-corrected chi connectivity index (χ2v) is 8.66. The third-order valence-electron chi connectivity index (χ3n) is 5.54. The summed E-state index contributed by atoms with van der Waals surface area (Å²) in [6, 6.07) is 13.4. The lowest BCUT2D eigenvalue weighted by Crippen LogP contribution is -2.25. The molecule has 10 nitrogen and oxygen atoms in total. The lowest BCUT2D eigenvalue weighted by Gasteiger charge is -2.08. The van der Waals surface area contributed by atoms with Crippen molar-refractivity contribution in [2.45, 2.75) is 38.5 Å². The Bertz CT molecular complexity index is 941. The van der Waals surface area contributed by atoms with Crippen molar-refractivity contribution < 1.29 is 28.7 Å². The monoisotopic (exact) mass is 526 g/mol. The molecule has 0 heterocycles. The summed E-state index contributed by atoms with van der Waals surface area (Å²) in [5, 5.41) is 11.2. The number of carbonyl (C=O) groups excluding carboxylic acids is 4. The summed E-state index contributed by atoms with van der Waals surface area (Å²) < 4.78 is 9.90. The summed E-state index contributed by atoms with van der Waals surface area (Å²) in [5.74, 6) is -0.656. The van der Waals surface area contributed by atoms with Gasteiger partial charge < -0.3 is 30.7 Å². The van der Waals surface area contributed by atoms with Gasteiger partial charge in [-0.15, -0.1) is 0 Å². The zero-order chi connectivity index (χ0) is 27.6. The van der Waals surface area contributed by atoms with Gasteiger partial charge in [-0.2, -0.15) is 0 Å². The van der Waals surface area contributed by atoms with E-state index in [0.29, 0.717) is 61.6 Å². The van der Waals surface area contributed by atoms with Crippen molar-refractivity contribution in [1.29, 1.82) is 0 Å². The van der Waals surface area contributed by atoms with Crippen LogP contribution in [-0.2, 0) is 19.1 Å². The first-order valence-corrected chi connectivity index (χ1v) is 12.8. The molecule has 0 aliphatic rings. The molecule has 0 fully saturated rings. The predicted octanol–water partition coefficient (Wildman–Crippen LogP) is 3.36. The average Bonchev–Trinajstić information content (AvgIpc) is 2.92. The van der Waals surface area contributed by atoms with Crippen molar-refractivity contribution in [1.82, 2.24) is 10.6 Å². The Hall–Kier alpha value is -3.76. The number of unbranched alkanes of at least 4 members (excludes halogenated alkanes) is 1. The minimum atomic E-state index is -0.174. The Kier molecular flexibility index (Phi) is 14.2. The first kappa shape index (κ1) is 30.5. The highest BCUT2D eigenvalue weighted by Crippen LogP contribution is 2.13. The van der Waals surface area contributed by atoms with Crippen LogP contribution in [0.1, 0.15) is 59.2 Å². The molecule has 4 amide bonds. The number of anilines is 2. The highest BCUT2D eigenvalue weighted by atomic mass is 16.5. The molecule has 0 aromatic heterocycles. The van der Waals surface area contributed by atoms with E-state index in [2.05, 4.69) is 21.3 Å². The van der Waals surface area contributed by atoms with Gasteiger partial charge in [0, 0.05) is 75.9 Å². The van der Waals surface area contributed by atoms with Gasteiger partial charge in [0.15, 0.2) is 0 Å². The topological polar surface area (TPSA) is 135 Å². The van der Waals surface area contributed by atoms with Gasteiger partial charge >= 0.3 is 0 Å². The smallest absolute Gasteiger partial charge is 0.251 e. The number of methoxy groups -OCH3 is 2. The van der Waals surface area contributed by atoms with Crippen LogP contribution in [0.15, 0.2) is 48.5 Å². The quantitative estimate of drug-likeness (QED) is 0.234. The molecule has 2 aromatic rings. The van der Waals surface area contributed by atoms with Crippen molar-refractivity contribution >= 4 is 35.0 Å². The minimum absolute atomic E-state index is 0.154. The maximum atomic E-state index is 12.2. The molecule has 4 N–H and O–H groups in total. The normalized spacial score (nSPS) is 10.5. The standard InChI is InChI=1S/C28H38N4O6/c1-37-19-5-17-29-27(35)21-9-13-23(14-10-21)31-25(33)7-3-4-8-26(34)32-24-15-11-22(12-16-24)28(36)30-18-6-20-38-2/h9-16H,3-8,17-20H2,1-2H3,(H,29,35)(H,30,36)(H,31,33)(H,32,34). The molecule has 2 aromatic carbocycles. The van der Waals surface area contributed by atoms with E-state index in [0.717, 1.165) is 12.8 Å². The molecule has 0 radical (unpaired) electrons. The van der Waals surface area contributed by atoms with E-state index in [1.165, 1.54) is 0 Å². The fourth-order valence-corrected chi connectivity index (χ4v) is 3.47. The Morgan fingerprint density at radius 3 is 1.29 bits per heavy atom. The molecule has 0 bridgehead atoms. The van der Waals surface area contributed by atoms with Crippen molar-refractivity contribution in [2.24, 2.45) is 0 Å². The van der Waals surface area contributed by atoms with E-state index in [-0.39, 0.29) is 36.5 Å². The van der Waals surface area contributed by atoms with Gasteiger partial charge in [-0.1, -0.05) is 0 Å². The van der Waals surface area contributed by atoms with Gasteiger partial charge in [0.05, 0.1) is 0 Å². The number of ether oxygens (including phenoxy) is 2. The molecule has 0 spiro atoms. The molecular formula is C28H38N4O6. The van der Waals surface area contributed by atoms with Crippen LogP contribution in [0.4, 0.5) is 11.4 Å². The van der Waals surface area contributed by atoms with Gasteiger partial charge in [-0.3, -0.25) is 19.2 Å². The third-order valence-corrected chi connectivity index (χ3v) is 5.54. The maximum absolute atomic E-state index is 12.2. The summed E-state index contributed by atoms with van der Waals surface area (Å²) in [4.78, 5) is 48.6. The second-order valence-electron chi connectivity index (χ2n) is 8.66. The average molecular weight is 527 g/mol. The third kappa shape index (κ3) is 12.0. The number of nitrogens with one attached hydrogen (secondary N) is 4. The summed E-state index contributed by atoms with van der Waals surface area (Å²) in [5.41, 5.74) is 2.25. The molecule has 0 aliphatic carbocycles. The van der Waals surface area contributed by atoms with Crippen LogP contribution in [0.25, 0.3) is 0 Å². The highest BCUT2D eigenvalue weighted by molar-refractivity contribution is 5.96. The van der Waals surface area contributed by atoms with Crippen LogP contribution < -0.4 is 21.3 Å². The van der Waals surface area contributed by atoms with Gasteiger partial charge in [0.2, 0.25) is 11.8 Å². The van der Waals surface area contributed by atoms with E-state index in [1.807, 2.05) is 0 Å². The Morgan fingerprint density at radius 1 is 0.579 bits per heavy atom. The fourth-order valence-electron chi connectivity index (χ4n) is 3.47. The maximum Gasteiger partial charge on any atom is 0.251 e. The van der Waals surface area contributed by atoms with Crippen LogP contribution in [0, 0.1) is 0 Å². The molecule has 2 rings (SSSR count). The van der Waals surface area contributed by atoms with Crippen LogP contribution in [0.2, 0.25) is 0 Å². The SMILES string of the molecule is COCCCNC(=O)c1ccc(NC(=O)CCCCC(=O)Nc2ccc(C(=O)NCCCOC)cc2)cc1. The number of rotatable bonds is 17. The number of carbonyl (C=O) groups is 4. The zero-order valence-electron chi connectivity index (χ0n) is 22.1. The molecule has 0 saturated heterocycles. The molecule has 38 heavy (non-hydrogen) atoms. The summed E-state index contributed by atoms with van der Waals surface area (Å²) in [6.45, 7) is 2.23. The highest BCUT2D eigenvalue weighted by Gasteiger charge is 2.09. The Labute approximate surface area is 223 Å². The summed E-state index contributed by atoms with van der Waals surface area (Å²) in [6.07, 6.45) is 3.16. The lowest BCUT2D eigenvalue weighted by atomic mass is 10.1. The Balaban J connectivity index is 1.63. The van der Waals surface area contributed by atoms with Crippen molar-refractivity contribution in [2.75, 3.05) is 51.2 Å².